The summed E-state index contributed by atoms with van der Waals surface area (Å²) in [7, 11) is 2.21. The molecule has 4 heteroatoms. The van der Waals surface area contributed by atoms with Crippen LogP contribution in [0.25, 0.3) is 0 Å². The Bertz CT molecular complexity index is 444. The number of hydrogen-bond acceptors (Lipinski definition) is 3. The summed E-state index contributed by atoms with van der Waals surface area (Å²) in [5, 5.41) is 10.6. The minimum absolute atomic E-state index is 0.169. The zero-order valence-electron chi connectivity index (χ0n) is 12.4. The van der Waals surface area contributed by atoms with Crippen molar-refractivity contribution in [2.75, 3.05) is 13.6 Å². The van der Waals surface area contributed by atoms with Crippen molar-refractivity contribution in [2.24, 2.45) is 5.92 Å². The summed E-state index contributed by atoms with van der Waals surface area (Å²) < 4.78 is 0. The van der Waals surface area contributed by atoms with Gasteiger partial charge in [-0.3, -0.25) is 10.1 Å². The van der Waals surface area contributed by atoms with Crippen molar-refractivity contribution in [3.8, 4) is 0 Å². The third-order valence-electron chi connectivity index (χ3n) is 4.53. The van der Waals surface area contributed by atoms with Crippen LogP contribution in [0.3, 0.4) is 0 Å². The van der Waals surface area contributed by atoms with Gasteiger partial charge in [0.2, 0.25) is 0 Å². The second-order valence-corrected chi connectivity index (χ2v) is 5.98. The molecule has 2 atom stereocenters. The van der Waals surface area contributed by atoms with Gasteiger partial charge in [-0.15, -0.1) is 0 Å². The SMILES string of the molecule is CC1CCCCC1N(C)CCc1ccc([N+](=O)[O-])cc1. The highest BCUT2D eigenvalue weighted by Crippen LogP contribution is 2.27. The molecule has 1 fully saturated rings. The molecule has 0 bridgehead atoms. The number of non-ortho nitro benzene ring substituents is 1. The fourth-order valence-corrected chi connectivity index (χ4v) is 3.21. The molecule has 0 saturated heterocycles. The Hall–Kier alpha value is -1.42. The Morgan fingerprint density at radius 2 is 1.90 bits per heavy atom. The van der Waals surface area contributed by atoms with Crippen molar-refractivity contribution in [3.05, 3.63) is 39.9 Å². The molecule has 1 aliphatic rings. The lowest BCUT2D eigenvalue weighted by Gasteiger charge is -2.36. The van der Waals surface area contributed by atoms with Crippen LogP contribution in [0.1, 0.15) is 38.2 Å². The van der Waals surface area contributed by atoms with Crippen LogP contribution >= 0.6 is 0 Å². The number of hydrogen-bond donors (Lipinski definition) is 0. The summed E-state index contributed by atoms with van der Waals surface area (Å²) in [4.78, 5) is 12.7. The predicted molar refractivity (Wildman–Crippen MR) is 80.9 cm³/mol. The van der Waals surface area contributed by atoms with E-state index in [1.165, 1.54) is 31.2 Å². The van der Waals surface area contributed by atoms with Crippen LogP contribution in [-0.4, -0.2) is 29.5 Å². The highest BCUT2D eigenvalue weighted by Gasteiger charge is 2.24. The Morgan fingerprint density at radius 3 is 2.50 bits per heavy atom. The molecule has 2 unspecified atom stereocenters. The van der Waals surface area contributed by atoms with Gasteiger partial charge in [0.05, 0.1) is 4.92 Å². The molecular formula is C16H24N2O2. The van der Waals surface area contributed by atoms with Crippen molar-refractivity contribution < 1.29 is 4.92 Å². The van der Waals surface area contributed by atoms with Crippen LogP contribution in [0.5, 0.6) is 0 Å². The van der Waals surface area contributed by atoms with E-state index in [0.717, 1.165) is 18.9 Å². The smallest absolute Gasteiger partial charge is 0.269 e. The number of nitro benzene ring substituents is 1. The van der Waals surface area contributed by atoms with Crippen molar-refractivity contribution in [3.63, 3.8) is 0 Å². The molecule has 0 heterocycles. The standard InChI is InChI=1S/C16H24N2O2/c1-13-5-3-4-6-16(13)17(2)12-11-14-7-9-15(10-8-14)18(19)20/h7-10,13,16H,3-6,11-12H2,1-2H3. The van der Waals surface area contributed by atoms with Crippen molar-refractivity contribution in [1.82, 2.24) is 4.90 Å². The van der Waals surface area contributed by atoms with E-state index in [2.05, 4.69) is 18.9 Å². The molecule has 0 amide bonds. The number of likely N-dealkylation sites (N-methyl/N-ethyl adjacent to an activating group) is 1. The Labute approximate surface area is 120 Å². The van der Waals surface area contributed by atoms with Crippen molar-refractivity contribution in [2.45, 2.75) is 45.1 Å². The van der Waals surface area contributed by atoms with E-state index < -0.39 is 0 Å². The van der Waals surface area contributed by atoms with Gasteiger partial charge in [-0.1, -0.05) is 31.9 Å². The van der Waals surface area contributed by atoms with Crippen LogP contribution in [-0.2, 0) is 6.42 Å². The molecule has 1 aromatic rings. The molecule has 1 saturated carbocycles. The maximum Gasteiger partial charge on any atom is 0.269 e. The van der Waals surface area contributed by atoms with Crippen molar-refractivity contribution >= 4 is 5.69 Å². The minimum atomic E-state index is -0.348. The summed E-state index contributed by atoms with van der Waals surface area (Å²) >= 11 is 0. The first kappa shape index (κ1) is 15.0. The number of benzene rings is 1. The van der Waals surface area contributed by atoms with Gasteiger partial charge in [-0.2, -0.15) is 0 Å². The Morgan fingerprint density at radius 1 is 1.25 bits per heavy atom. The van der Waals surface area contributed by atoms with Crippen molar-refractivity contribution in [1.29, 1.82) is 0 Å². The summed E-state index contributed by atoms with van der Waals surface area (Å²) in [6.45, 7) is 3.37. The number of nitro groups is 1. The molecule has 2 rings (SSSR count). The average molecular weight is 276 g/mol. The van der Waals surface area contributed by atoms with Gasteiger partial charge in [0, 0.05) is 24.7 Å². The van der Waals surface area contributed by atoms with Crippen LogP contribution in [0.15, 0.2) is 24.3 Å². The van der Waals surface area contributed by atoms with Gasteiger partial charge >= 0.3 is 0 Å². The molecule has 0 N–H and O–H groups in total. The van der Waals surface area contributed by atoms with Gasteiger partial charge in [-0.05, 0) is 37.8 Å². The number of nitrogens with zero attached hydrogens (tertiary/aromatic N) is 2. The molecule has 0 radical (unpaired) electrons. The third kappa shape index (κ3) is 3.79. The van der Waals surface area contributed by atoms with Gasteiger partial charge in [0.15, 0.2) is 0 Å². The fraction of sp³-hybridized carbons (Fsp3) is 0.625. The first-order valence-electron chi connectivity index (χ1n) is 7.51. The van der Waals surface area contributed by atoms with E-state index in [-0.39, 0.29) is 10.6 Å². The maximum atomic E-state index is 10.6. The molecule has 0 spiro atoms. The van der Waals surface area contributed by atoms with Crippen LogP contribution in [0.2, 0.25) is 0 Å². The van der Waals surface area contributed by atoms with E-state index in [1.807, 2.05) is 12.1 Å². The first-order valence-corrected chi connectivity index (χ1v) is 7.51. The topological polar surface area (TPSA) is 46.4 Å². The molecule has 110 valence electrons. The van der Waals surface area contributed by atoms with E-state index >= 15 is 0 Å². The highest BCUT2D eigenvalue weighted by atomic mass is 16.6. The molecule has 0 aromatic heterocycles. The Kier molecular flexibility index (Phi) is 5.12. The van der Waals surface area contributed by atoms with Gasteiger partial charge in [0.25, 0.3) is 5.69 Å². The molecule has 1 aromatic carbocycles. The normalized spacial score (nSPS) is 22.9. The first-order chi connectivity index (χ1) is 9.58. The fourth-order valence-electron chi connectivity index (χ4n) is 3.21. The van der Waals surface area contributed by atoms with Gasteiger partial charge < -0.3 is 4.90 Å². The van der Waals surface area contributed by atoms with Gasteiger partial charge in [-0.25, -0.2) is 0 Å². The molecule has 4 nitrogen and oxygen atoms in total. The largest absolute Gasteiger partial charge is 0.303 e. The summed E-state index contributed by atoms with van der Waals surface area (Å²) in [5.74, 6) is 0.783. The molecule has 0 aliphatic heterocycles. The van der Waals surface area contributed by atoms with Crippen LogP contribution < -0.4 is 0 Å². The lowest BCUT2D eigenvalue weighted by molar-refractivity contribution is -0.384. The quantitative estimate of drug-likeness (QED) is 0.609. The molecule has 20 heavy (non-hydrogen) atoms. The summed E-state index contributed by atoms with van der Waals surface area (Å²) in [6.07, 6.45) is 6.31. The van der Waals surface area contributed by atoms with Crippen LogP contribution in [0, 0.1) is 16.0 Å². The zero-order chi connectivity index (χ0) is 14.5. The van der Waals surface area contributed by atoms with E-state index in [9.17, 15) is 10.1 Å². The monoisotopic (exact) mass is 276 g/mol. The molecule has 1 aliphatic carbocycles. The zero-order valence-corrected chi connectivity index (χ0v) is 12.4. The number of rotatable bonds is 5. The Balaban J connectivity index is 1.86. The maximum absolute atomic E-state index is 10.6. The minimum Gasteiger partial charge on any atom is -0.303 e. The third-order valence-corrected chi connectivity index (χ3v) is 4.53. The van der Waals surface area contributed by atoms with Gasteiger partial charge in [0.1, 0.15) is 0 Å². The second kappa shape index (κ2) is 6.84. The molecular weight excluding hydrogens is 252 g/mol. The highest BCUT2D eigenvalue weighted by molar-refractivity contribution is 5.32. The lowest BCUT2D eigenvalue weighted by Crippen LogP contribution is -2.39. The lowest BCUT2D eigenvalue weighted by atomic mass is 9.85. The predicted octanol–water partition coefficient (Wildman–Crippen LogP) is 3.65. The van der Waals surface area contributed by atoms with E-state index in [0.29, 0.717) is 6.04 Å². The summed E-state index contributed by atoms with van der Waals surface area (Å²) in [5.41, 5.74) is 1.34. The second-order valence-electron chi connectivity index (χ2n) is 5.98. The summed E-state index contributed by atoms with van der Waals surface area (Å²) in [6, 6.07) is 7.63. The van der Waals surface area contributed by atoms with Crippen LogP contribution in [0.4, 0.5) is 5.69 Å². The average Bonchev–Trinajstić information content (AvgIpc) is 2.45. The van der Waals surface area contributed by atoms with E-state index in [4.69, 9.17) is 0 Å². The van der Waals surface area contributed by atoms with E-state index in [1.54, 1.807) is 12.1 Å².